The van der Waals surface area contributed by atoms with Crippen LogP contribution in [0.2, 0.25) is 0 Å². The van der Waals surface area contributed by atoms with Gasteiger partial charge in [0.1, 0.15) is 10.6 Å². The zero-order valence-electron chi connectivity index (χ0n) is 8.20. The third-order valence-electron chi connectivity index (χ3n) is 1.73. The summed E-state index contributed by atoms with van der Waals surface area (Å²) in [6, 6.07) is 0. The lowest BCUT2D eigenvalue weighted by Crippen LogP contribution is -2.21. The van der Waals surface area contributed by atoms with Crippen molar-refractivity contribution in [3.63, 3.8) is 0 Å². The van der Waals surface area contributed by atoms with E-state index in [2.05, 4.69) is 4.98 Å². The molecule has 13 heavy (non-hydrogen) atoms. The number of hydrogen-bond acceptors (Lipinski definition) is 4. The Bertz CT molecular complexity index is 270. The number of ether oxygens (including phenoxy) is 1. The number of aliphatic hydroxyl groups is 1. The normalized spacial score (nSPS) is 12.0. The second-order valence-electron chi connectivity index (χ2n) is 3.23. The molecule has 4 heteroatoms. The lowest BCUT2D eigenvalue weighted by atomic mass is 10.1. The van der Waals surface area contributed by atoms with E-state index in [1.54, 1.807) is 6.20 Å². The zero-order chi connectivity index (χ0) is 9.90. The van der Waals surface area contributed by atoms with Crippen LogP contribution in [-0.4, -0.2) is 16.7 Å². The first-order valence-corrected chi connectivity index (χ1v) is 5.11. The largest absolute Gasteiger partial charge is 0.391 e. The highest BCUT2D eigenvalue weighted by Gasteiger charge is 2.24. The van der Waals surface area contributed by atoms with Crippen molar-refractivity contribution in [1.29, 1.82) is 0 Å². The van der Waals surface area contributed by atoms with Crippen molar-refractivity contribution in [2.24, 2.45) is 0 Å². The molecule has 0 saturated heterocycles. The Labute approximate surface area is 82.4 Å². The van der Waals surface area contributed by atoms with Gasteiger partial charge in [-0.15, -0.1) is 11.3 Å². The summed E-state index contributed by atoms with van der Waals surface area (Å²) in [6.07, 6.45) is 1.70. The highest BCUT2D eigenvalue weighted by Crippen LogP contribution is 2.28. The molecule has 0 saturated carbocycles. The summed E-state index contributed by atoms with van der Waals surface area (Å²) >= 11 is 1.49. The van der Waals surface area contributed by atoms with Crippen molar-refractivity contribution in [3.05, 3.63) is 16.1 Å². The predicted molar refractivity (Wildman–Crippen MR) is 52.7 cm³/mol. The number of rotatable bonds is 4. The van der Waals surface area contributed by atoms with Gasteiger partial charge in [0, 0.05) is 12.8 Å². The van der Waals surface area contributed by atoms with E-state index in [1.165, 1.54) is 11.3 Å². The molecule has 1 rings (SSSR count). The number of nitrogens with zero attached hydrogens (tertiary/aromatic N) is 1. The fraction of sp³-hybridized carbons (Fsp3) is 0.667. The molecule has 0 aliphatic carbocycles. The van der Waals surface area contributed by atoms with Crippen LogP contribution in [0.4, 0.5) is 0 Å². The highest BCUT2D eigenvalue weighted by molar-refractivity contribution is 7.11. The van der Waals surface area contributed by atoms with E-state index in [1.807, 2.05) is 20.8 Å². The van der Waals surface area contributed by atoms with Crippen molar-refractivity contribution < 1.29 is 9.84 Å². The van der Waals surface area contributed by atoms with Crippen molar-refractivity contribution in [1.82, 2.24) is 4.98 Å². The van der Waals surface area contributed by atoms with Crippen LogP contribution in [0.15, 0.2) is 6.20 Å². The summed E-state index contributed by atoms with van der Waals surface area (Å²) in [5.41, 5.74) is -0.340. The maximum Gasteiger partial charge on any atom is 0.124 e. The molecule has 0 bridgehead atoms. The Kier molecular flexibility index (Phi) is 3.41. The summed E-state index contributed by atoms with van der Waals surface area (Å²) in [6.45, 7) is 6.65. The molecule has 1 aromatic rings. The van der Waals surface area contributed by atoms with Crippen LogP contribution in [0.1, 0.15) is 30.7 Å². The number of thiazole rings is 1. The van der Waals surface area contributed by atoms with E-state index in [0.717, 1.165) is 9.88 Å². The molecule has 0 aliphatic rings. The fourth-order valence-corrected chi connectivity index (χ4v) is 1.91. The maximum atomic E-state index is 8.88. The highest BCUT2D eigenvalue weighted by atomic mass is 32.1. The Balaban J connectivity index is 2.80. The topological polar surface area (TPSA) is 42.4 Å². The van der Waals surface area contributed by atoms with Crippen LogP contribution in [0.25, 0.3) is 0 Å². The molecule has 0 atom stereocenters. The molecule has 0 aromatic carbocycles. The van der Waals surface area contributed by atoms with Gasteiger partial charge in [0.25, 0.3) is 0 Å². The Morgan fingerprint density at radius 2 is 2.31 bits per heavy atom. The minimum absolute atomic E-state index is 0.0554. The monoisotopic (exact) mass is 201 g/mol. The van der Waals surface area contributed by atoms with Crippen molar-refractivity contribution in [3.8, 4) is 0 Å². The van der Waals surface area contributed by atoms with Gasteiger partial charge in [-0.3, -0.25) is 0 Å². The summed E-state index contributed by atoms with van der Waals surface area (Å²) in [5, 5.41) is 9.79. The standard InChI is InChI=1S/C9H15NO2S/c1-4-12-9(2,3)8-10-5-7(6-11)13-8/h5,11H,4,6H2,1-3H3. The number of hydrogen-bond donors (Lipinski definition) is 1. The van der Waals surface area contributed by atoms with Gasteiger partial charge >= 0.3 is 0 Å². The molecular weight excluding hydrogens is 186 g/mol. The van der Waals surface area contributed by atoms with E-state index in [0.29, 0.717) is 6.61 Å². The third kappa shape index (κ3) is 2.49. The van der Waals surface area contributed by atoms with E-state index in [-0.39, 0.29) is 12.2 Å². The molecule has 1 heterocycles. The van der Waals surface area contributed by atoms with Gasteiger partial charge in [-0.1, -0.05) is 0 Å². The van der Waals surface area contributed by atoms with Crippen molar-refractivity contribution in [2.75, 3.05) is 6.61 Å². The Hall–Kier alpha value is -0.450. The quantitative estimate of drug-likeness (QED) is 0.809. The Morgan fingerprint density at radius 3 is 2.77 bits per heavy atom. The summed E-state index contributed by atoms with van der Waals surface area (Å²) in [5.74, 6) is 0. The molecule has 0 aliphatic heterocycles. The van der Waals surface area contributed by atoms with Gasteiger partial charge in [0.2, 0.25) is 0 Å². The van der Waals surface area contributed by atoms with Gasteiger partial charge in [-0.25, -0.2) is 4.98 Å². The lowest BCUT2D eigenvalue weighted by Gasteiger charge is -2.21. The molecule has 3 nitrogen and oxygen atoms in total. The molecule has 0 fully saturated rings. The van der Waals surface area contributed by atoms with Crippen molar-refractivity contribution >= 4 is 11.3 Å². The minimum atomic E-state index is -0.340. The van der Waals surface area contributed by atoms with Gasteiger partial charge in [0.05, 0.1) is 11.5 Å². The van der Waals surface area contributed by atoms with E-state index < -0.39 is 0 Å². The lowest BCUT2D eigenvalue weighted by molar-refractivity contribution is -0.0141. The first-order chi connectivity index (χ1) is 6.10. The van der Waals surface area contributed by atoms with Crippen LogP contribution >= 0.6 is 11.3 Å². The third-order valence-corrected chi connectivity index (χ3v) is 3.02. The van der Waals surface area contributed by atoms with E-state index in [9.17, 15) is 0 Å². The van der Waals surface area contributed by atoms with Crippen LogP contribution in [0.5, 0.6) is 0 Å². The van der Waals surface area contributed by atoms with Gasteiger partial charge in [0.15, 0.2) is 0 Å². The van der Waals surface area contributed by atoms with Gasteiger partial charge in [-0.2, -0.15) is 0 Å². The van der Waals surface area contributed by atoms with E-state index >= 15 is 0 Å². The SMILES string of the molecule is CCOC(C)(C)c1ncc(CO)s1. The molecule has 1 N–H and O–H groups in total. The zero-order valence-corrected chi connectivity index (χ0v) is 9.02. The van der Waals surface area contributed by atoms with Crippen molar-refractivity contribution in [2.45, 2.75) is 33.0 Å². The summed E-state index contributed by atoms with van der Waals surface area (Å²) < 4.78 is 5.54. The maximum absolute atomic E-state index is 8.88. The molecule has 0 spiro atoms. The molecule has 74 valence electrons. The van der Waals surface area contributed by atoms with Crippen LogP contribution in [0.3, 0.4) is 0 Å². The number of aliphatic hydroxyl groups excluding tert-OH is 1. The Morgan fingerprint density at radius 1 is 1.62 bits per heavy atom. The average Bonchev–Trinajstić information content (AvgIpc) is 2.52. The van der Waals surface area contributed by atoms with Crippen LogP contribution in [-0.2, 0) is 16.9 Å². The molecule has 0 amide bonds. The summed E-state index contributed by atoms with van der Waals surface area (Å²) in [4.78, 5) is 5.09. The molecule has 0 unspecified atom stereocenters. The minimum Gasteiger partial charge on any atom is -0.391 e. The average molecular weight is 201 g/mol. The van der Waals surface area contributed by atoms with Crippen LogP contribution < -0.4 is 0 Å². The fourth-order valence-electron chi connectivity index (χ4n) is 1.08. The second-order valence-corrected chi connectivity index (χ2v) is 4.35. The molecular formula is C9H15NO2S. The smallest absolute Gasteiger partial charge is 0.124 e. The first kappa shape index (κ1) is 10.6. The van der Waals surface area contributed by atoms with Gasteiger partial charge in [-0.05, 0) is 20.8 Å². The second kappa shape index (κ2) is 4.17. The number of aromatic nitrogens is 1. The molecule has 1 aromatic heterocycles. The van der Waals surface area contributed by atoms with E-state index in [4.69, 9.17) is 9.84 Å². The first-order valence-electron chi connectivity index (χ1n) is 4.30. The summed E-state index contributed by atoms with van der Waals surface area (Å²) in [7, 11) is 0. The van der Waals surface area contributed by atoms with Gasteiger partial charge < -0.3 is 9.84 Å². The molecule has 0 radical (unpaired) electrons. The predicted octanol–water partition coefficient (Wildman–Crippen LogP) is 1.91. The van der Waals surface area contributed by atoms with Crippen LogP contribution in [0, 0.1) is 0 Å².